The third kappa shape index (κ3) is 10.6. The van der Waals surface area contributed by atoms with E-state index in [0.29, 0.717) is 0 Å². The number of anilines is 6. The van der Waals surface area contributed by atoms with Crippen LogP contribution in [-0.2, 0) is 10.8 Å². The molecule has 0 radical (unpaired) electrons. The maximum Gasteiger partial charge on any atom is 0.135 e. The Labute approximate surface area is 631 Å². The molecule has 0 fully saturated rings. The number of hydrogen-bond acceptors (Lipinski definition) is 4. The van der Waals surface area contributed by atoms with Crippen molar-refractivity contribution in [2.24, 2.45) is 0 Å². The predicted octanol–water partition coefficient (Wildman–Crippen LogP) is 29.1. The first-order chi connectivity index (χ1) is 53.1. The molecule has 108 heavy (non-hydrogen) atoms. The third-order valence-electron chi connectivity index (χ3n) is 22.9. The van der Waals surface area contributed by atoms with Crippen LogP contribution in [0.1, 0.15) is 49.9 Å². The molecule has 21 rings (SSSR count). The van der Waals surface area contributed by atoms with Gasteiger partial charge < -0.3 is 19.3 Å². The fourth-order valence-corrected chi connectivity index (χ4v) is 17.7. The van der Waals surface area contributed by atoms with E-state index in [0.717, 1.165) is 90.5 Å². The van der Waals surface area contributed by atoms with Crippen molar-refractivity contribution in [2.45, 2.75) is 38.5 Å². The van der Waals surface area contributed by atoms with E-state index in [1.807, 2.05) is 0 Å². The number of hydrogen-bond donors (Lipinski definition) is 0. The van der Waals surface area contributed by atoms with Gasteiger partial charge in [-0.1, -0.05) is 313 Å². The number of para-hydroxylation sites is 4. The molecule has 0 saturated carbocycles. The number of benzene rings is 17. The van der Waals surface area contributed by atoms with E-state index in [2.05, 4.69) is 414 Å². The minimum absolute atomic E-state index is 0.117. The van der Waals surface area contributed by atoms with Crippen LogP contribution in [0, 0.1) is 0 Å². The zero-order chi connectivity index (χ0) is 72.2. The average molecular weight is 1380 g/mol. The molecule has 0 unspecified atom stereocenters. The molecule has 0 amide bonds. The van der Waals surface area contributed by atoms with Gasteiger partial charge in [0.15, 0.2) is 0 Å². The Balaban J connectivity index is 0.000000143. The highest BCUT2D eigenvalue weighted by atomic mass is 16.5. The maximum absolute atomic E-state index is 6.68. The lowest BCUT2D eigenvalue weighted by molar-refractivity contribution is 0.486. The van der Waals surface area contributed by atoms with Crippen molar-refractivity contribution in [3.05, 3.63) is 398 Å². The smallest absolute Gasteiger partial charge is 0.135 e. The molecule has 4 aliphatic rings. The van der Waals surface area contributed by atoms with E-state index in [4.69, 9.17) is 9.47 Å². The van der Waals surface area contributed by atoms with Crippen LogP contribution < -0.4 is 19.3 Å². The Hall–Kier alpha value is -13.5. The Bertz CT molecular complexity index is 6270. The standard InChI is InChI=1S/C55H39NO.C49H35NO/c1-55(2)49-25-12-9-20-42(49)43-29-28-40(35-50(43)55)56(41-33-38(36-16-5-3-6-17-36)32-39(34-41)37-18-7-4-8-19-37)51-31-30-47-45-22-11-14-27-53(45)57-52-26-13-10-21-44(52)46-23-15-24-48(51)54(46)47;1-49(2)43-20-9-6-15-36(43)37-28-27-35(31-44(37)49)50(34-25-23-33(24-26-34)32-13-4-3-5-14-32)45-30-29-41-39-17-8-11-22-47(39)51-46-21-10-7-16-38(46)40-18-12-19-42(45)48(40)41/h3-35H,1-2H3;3-31H,1-2H3. The molecule has 0 aromatic heterocycles. The van der Waals surface area contributed by atoms with Crippen molar-refractivity contribution in [3.8, 4) is 123 Å². The van der Waals surface area contributed by atoms with Crippen LogP contribution in [0.5, 0.6) is 23.0 Å². The zero-order valence-electron chi connectivity index (χ0n) is 60.5. The average Bonchev–Trinajstić information content (AvgIpc) is 1.03. The minimum atomic E-state index is -0.155. The number of nitrogens with zero attached hydrogens (tertiary/aromatic N) is 2. The monoisotopic (exact) mass is 1380 g/mol. The van der Waals surface area contributed by atoms with E-state index in [9.17, 15) is 0 Å². The molecule has 0 spiro atoms. The lowest BCUT2D eigenvalue weighted by Crippen LogP contribution is -2.17. The van der Waals surface area contributed by atoms with Crippen LogP contribution in [0.15, 0.2) is 376 Å². The largest absolute Gasteiger partial charge is 0.456 e. The molecule has 4 nitrogen and oxygen atoms in total. The summed E-state index contributed by atoms with van der Waals surface area (Å²) in [5.41, 5.74) is 33.2. The van der Waals surface area contributed by atoms with Gasteiger partial charge in [0.2, 0.25) is 0 Å². The van der Waals surface area contributed by atoms with Crippen LogP contribution in [0.2, 0.25) is 0 Å². The summed E-state index contributed by atoms with van der Waals surface area (Å²) in [5, 5.41) is 4.79. The van der Waals surface area contributed by atoms with Gasteiger partial charge >= 0.3 is 0 Å². The van der Waals surface area contributed by atoms with E-state index >= 15 is 0 Å². The minimum Gasteiger partial charge on any atom is -0.456 e. The van der Waals surface area contributed by atoms with E-state index in [1.54, 1.807) is 0 Å². The summed E-state index contributed by atoms with van der Waals surface area (Å²) in [4.78, 5) is 4.94. The van der Waals surface area contributed by atoms with Crippen LogP contribution >= 0.6 is 0 Å². The van der Waals surface area contributed by atoms with Gasteiger partial charge in [0.1, 0.15) is 23.0 Å². The van der Waals surface area contributed by atoms with Gasteiger partial charge in [-0.15, -0.1) is 0 Å². The quantitative estimate of drug-likeness (QED) is 0.144. The Morgan fingerprint density at radius 3 is 0.898 bits per heavy atom. The molecule has 2 aliphatic carbocycles. The summed E-state index contributed by atoms with van der Waals surface area (Å²) in [5.74, 6) is 3.44. The van der Waals surface area contributed by atoms with Crippen LogP contribution in [0.25, 0.3) is 122 Å². The zero-order valence-corrected chi connectivity index (χ0v) is 60.5. The summed E-state index contributed by atoms with van der Waals surface area (Å²) >= 11 is 0. The second-order valence-corrected chi connectivity index (χ2v) is 29.8. The fraction of sp³-hybridized carbons (Fsp3) is 0.0577. The van der Waals surface area contributed by atoms with Gasteiger partial charge in [-0.3, -0.25) is 0 Å². The lowest BCUT2D eigenvalue weighted by Gasteiger charge is -2.31. The molecule has 0 atom stereocenters. The molecule has 0 N–H and O–H groups in total. The highest BCUT2D eigenvalue weighted by Crippen LogP contribution is 2.57. The van der Waals surface area contributed by atoms with E-state index < -0.39 is 0 Å². The topological polar surface area (TPSA) is 24.9 Å². The highest BCUT2D eigenvalue weighted by molar-refractivity contribution is 6.16. The molecule has 2 aliphatic heterocycles. The van der Waals surface area contributed by atoms with Crippen LogP contribution in [-0.4, -0.2) is 0 Å². The predicted molar refractivity (Wildman–Crippen MR) is 451 cm³/mol. The maximum atomic E-state index is 6.68. The van der Waals surface area contributed by atoms with Gasteiger partial charge in [-0.05, 0) is 202 Å². The summed E-state index contributed by atoms with van der Waals surface area (Å²) in [6.07, 6.45) is 0. The number of rotatable bonds is 9. The van der Waals surface area contributed by atoms with Gasteiger partial charge in [-0.25, -0.2) is 0 Å². The Morgan fingerprint density at radius 1 is 0.194 bits per heavy atom. The second kappa shape index (κ2) is 25.7. The van der Waals surface area contributed by atoms with Crippen molar-refractivity contribution in [3.63, 3.8) is 0 Å². The lowest BCUT2D eigenvalue weighted by atomic mass is 9.82. The number of ether oxygens (including phenoxy) is 2. The second-order valence-electron chi connectivity index (χ2n) is 29.8. The first kappa shape index (κ1) is 64.1. The summed E-state index contributed by atoms with van der Waals surface area (Å²) in [6, 6.07) is 136. The van der Waals surface area contributed by atoms with Crippen LogP contribution in [0.4, 0.5) is 34.1 Å². The summed E-state index contributed by atoms with van der Waals surface area (Å²) in [7, 11) is 0. The van der Waals surface area contributed by atoms with E-state index in [-0.39, 0.29) is 10.8 Å². The van der Waals surface area contributed by atoms with E-state index in [1.165, 1.54) is 111 Å². The van der Waals surface area contributed by atoms with Gasteiger partial charge in [0.25, 0.3) is 0 Å². The van der Waals surface area contributed by atoms with Crippen molar-refractivity contribution >= 4 is 55.7 Å². The third-order valence-corrected chi connectivity index (χ3v) is 22.9. The van der Waals surface area contributed by atoms with Gasteiger partial charge in [-0.2, -0.15) is 0 Å². The molecule has 4 heteroatoms. The number of fused-ring (bicyclic) bond motifs is 14. The molecule has 0 bridgehead atoms. The Morgan fingerprint density at radius 2 is 0.491 bits per heavy atom. The van der Waals surface area contributed by atoms with Gasteiger partial charge in [0, 0.05) is 66.6 Å². The molecule has 512 valence electrons. The van der Waals surface area contributed by atoms with Crippen molar-refractivity contribution in [1.82, 2.24) is 0 Å². The fourth-order valence-electron chi connectivity index (χ4n) is 17.7. The molecular formula is C104H74N2O2. The molecular weight excluding hydrogens is 1310 g/mol. The molecule has 2 heterocycles. The molecule has 17 aromatic carbocycles. The van der Waals surface area contributed by atoms with Gasteiger partial charge in [0.05, 0.1) is 11.4 Å². The van der Waals surface area contributed by atoms with Crippen molar-refractivity contribution in [1.29, 1.82) is 0 Å². The summed E-state index contributed by atoms with van der Waals surface area (Å²) < 4.78 is 13.3. The first-order valence-electron chi connectivity index (χ1n) is 37.4. The molecule has 17 aromatic rings. The molecule has 0 saturated heterocycles. The normalized spacial score (nSPS) is 13.1. The van der Waals surface area contributed by atoms with Crippen molar-refractivity contribution < 1.29 is 9.47 Å². The summed E-state index contributed by atoms with van der Waals surface area (Å²) in [6.45, 7) is 9.43. The highest BCUT2D eigenvalue weighted by Gasteiger charge is 2.38. The first-order valence-corrected chi connectivity index (χ1v) is 37.4. The van der Waals surface area contributed by atoms with Crippen molar-refractivity contribution in [2.75, 3.05) is 9.80 Å². The van der Waals surface area contributed by atoms with Crippen LogP contribution in [0.3, 0.4) is 0 Å². The Kier molecular flexibility index (Phi) is 15.2. The SMILES string of the molecule is CC1(C)c2ccccc2-c2ccc(N(c3cc(-c4ccccc4)cc(-c4ccccc4)c3)c3ccc4c5c(cccc35)-c3ccccc3Oc3ccccc3-4)cc21.CC1(C)c2ccccc2-c2ccc(N(c3ccc(-c4ccccc4)cc3)c3ccc4c5c(cccc35)-c3ccccc3Oc3ccccc3-4)cc21.